The average molecular weight is 233 g/mol. The molecule has 0 radical (unpaired) electrons. The second kappa shape index (κ2) is 5.36. The quantitative estimate of drug-likeness (QED) is 0.810. The van der Waals surface area contributed by atoms with E-state index in [1.807, 2.05) is 6.92 Å². The molecule has 0 aliphatic carbocycles. The van der Waals surface area contributed by atoms with Gasteiger partial charge < -0.3 is 5.32 Å². The minimum absolute atomic E-state index is 0.0993. The molecular weight excluding hydrogens is 214 g/mol. The lowest BCUT2D eigenvalue weighted by molar-refractivity contribution is 0.0954. The van der Waals surface area contributed by atoms with E-state index in [0.29, 0.717) is 24.2 Å². The molecule has 1 fully saturated rings. The zero-order valence-electron chi connectivity index (χ0n) is 10.4. The lowest BCUT2D eigenvalue weighted by atomic mass is 9.95. The second-order valence-electron chi connectivity index (χ2n) is 4.81. The first-order valence-corrected chi connectivity index (χ1v) is 6.23. The largest absolute Gasteiger partial charge is 0.311 e. The number of carbonyl (C=O) groups excluding carboxylic acids is 1. The van der Waals surface area contributed by atoms with E-state index in [0.717, 1.165) is 12.1 Å². The molecule has 1 aromatic heterocycles. The summed E-state index contributed by atoms with van der Waals surface area (Å²) in [6.45, 7) is 4.00. The standard InChI is InChI=1S/C13H19N3O/c1-9-4-3-5-11(16-9)8-12(17)13-10(2)14-6-7-15-13/h6-7,9,11,16H,3-5,8H2,1-2H3. The molecule has 1 N–H and O–H groups in total. The molecule has 4 nitrogen and oxygen atoms in total. The zero-order valence-corrected chi connectivity index (χ0v) is 10.4. The minimum Gasteiger partial charge on any atom is -0.311 e. The molecule has 0 aromatic carbocycles. The van der Waals surface area contributed by atoms with E-state index in [1.165, 1.54) is 12.8 Å². The van der Waals surface area contributed by atoms with Crippen molar-refractivity contribution >= 4 is 5.78 Å². The maximum Gasteiger partial charge on any atom is 0.184 e. The Hall–Kier alpha value is -1.29. The van der Waals surface area contributed by atoms with Gasteiger partial charge in [0.05, 0.1) is 5.69 Å². The molecule has 2 unspecified atom stereocenters. The summed E-state index contributed by atoms with van der Waals surface area (Å²) in [6.07, 6.45) is 7.21. The van der Waals surface area contributed by atoms with Gasteiger partial charge in [0.25, 0.3) is 0 Å². The lowest BCUT2D eigenvalue weighted by Crippen LogP contribution is -2.41. The van der Waals surface area contributed by atoms with Gasteiger partial charge >= 0.3 is 0 Å². The van der Waals surface area contributed by atoms with Crippen molar-refractivity contribution in [2.75, 3.05) is 0 Å². The van der Waals surface area contributed by atoms with Crippen LogP contribution < -0.4 is 5.32 Å². The van der Waals surface area contributed by atoms with Crippen LogP contribution >= 0.6 is 0 Å². The summed E-state index contributed by atoms with van der Waals surface area (Å²) >= 11 is 0. The van der Waals surface area contributed by atoms with Crippen LogP contribution in [0.2, 0.25) is 0 Å². The molecule has 2 heterocycles. The first-order chi connectivity index (χ1) is 8.16. The van der Waals surface area contributed by atoms with Gasteiger partial charge in [-0.25, -0.2) is 4.98 Å². The normalized spacial score (nSPS) is 24.6. The number of rotatable bonds is 3. The molecule has 2 rings (SSSR count). The number of piperidine rings is 1. The van der Waals surface area contributed by atoms with Crippen LogP contribution in [-0.2, 0) is 0 Å². The Morgan fingerprint density at radius 1 is 1.41 bits per heavy atom. The highest BCUT2D eigenvalue weighted by molar-refractivity contribution is 5.95. The predicted octanol–water partition coefficient (Wildman–Crippen LogP) is 1.89. The van der Waals surface area contributed by atoms with Crippen molar-refractivity contribution in [3.8, 4) is 0 Å². The molecule has 4 heteroatoms. The first kappa shape index (κ1) is 12.2. The molecule has 0 saturated carbocycles. The van der Waals surface area contributed by atoms with Gasteiger partial charge in [-0.3, -0.25) is 9.78 Å². The van der Waals surface area contributed by atoms with Crippen molar-refractivity contribution in [1.82, 2.24) is 15.3 Å². The number of Topliss-reactive ketones (excluding diaryl/α,β-unsaturated/α-hetero) is 1. The summed E-state index contributed by atoms with van der Waals surface area (Å²) in [7, 11) is 0. The smallest absolute Gasteiger partial charge is 0.184 e. The maximum absolute atomic E-state index is 12.1. The van der Waals surface area contributed by atoms with Crippen LogP contribution in [0, 0.1) is 6.92 Å². The van der Waals surface area contributed by atoms with Crippen molar-refractivity contribution in [3.63, 3.8) is 0 Å². The first-order valence-electron chi connectivity index (χ1n) is 6.23. The van der Waals surface area contributed by atoms with Crippen molar-refractivity contribution in [3.05, 3.63) is 23.8 Å². The van der Waals surface area contributed by atoms with E-state index < -0.39 is 0 Å². The van der Waals surface area contributed by atoms with Crippen molar-refractivity contribution in [2.24, 2.45) is 0 Å². The Morgan fingerprint density at radius 3 is 2.88 bits per heavy atom. The van der Waals surface area contributed by atoms with Gasteiger partial charge in [0.2, 0.25) is 0 Å². The fourth-order valence-electron chi connectivity index (χ4n) is 2.40. The van der Waals surface area contributed by atoms with Crippen molar-refractivity contribution < 1.29 is 4.79 Å². The number of hydrogen-bond donors (Lipinski definition) is 1. The second-order valence-corrected chi connectivity index (χ2v) is 4.81. The fourth-order valence-corrected chi connectivity index (χ4v) is 2.40. The molecule has 92 valence electrons. The summed E-state index contributed by atoms with van der Waals surface area (Å²) < 4.78 is 0. The van der Waals surface area contributed by atoms with Gasteiger partial charge in [0.1, 0.15) is 5.69 Å². The molecule has 1 aliphatic heterocycles. The highest BCUT2D eigenvalue weighted by Crippen LogP contribution is 2.16. The van der Waals surface area contributed by atoms with E-state index in [9.17, 15) is 4.79 Å². The molecule has 0 spiro atoms. The average Bonchev–Trinajstić information content (AvgIpc) is 2.29. The fraction of sp³-hybridized carbons (Fsp3) is 0.615. The van der Waals surface area contributed by atoms with E-state index in [-0.39, 0.29) is 5.78 Å². The Kier molecular flexibility index (Phi) is 3.84. The van der Waals surface area contributed by atoms with E-state index in [2.05, 4.69) is 22.2 Å². The lowest BCUT2D eigenvalue weighted by Gasteiger charge is -2.28. The van der Waals surface area contributed by atoms with Gasteiger partial charge in [-0.05, 0) is 26.7 Å². The third kappa shape index (κ3) is 3.09. The predicted molar refractivity (Wildman–Crippen MR) is 66.0 cm³/mol. The maximum atomic E-state index is 12.1. The number of aromatic nitrogens is 2. The Balaban J connectivity index is 1.99. The van der Waals surface area contributed by atoms with E-state index in [1.54, 1.807) is 12.4 Å². The van der Waals surface area contributed by atoms with E-state index in [4.69, 9.17) is 0 Å². The third-order valence-corrected chi connectivity index (χ3v) is 3.29. The number of carbonyl (C=O) groups is 1. The molecule has 1 aromatic rings. The zero-order chi connectivity index (χ0) is 12.3. The Labute approximate surface area is 102 Å². The summed E-state index contributed by atoms with van der Waals surface area (Å²) in [5, 5.41) is 3.47. The molecule has 0 bridgehead atoms. The molecule has 0 amide bonds. The van der Waals surface area contributed by atoms with Gasteiger partial charge in [0, 0.05) is 30.9 Å². The number of aryl methyl sites for hydroxylation is 1. The molecular formula is C13H19N3O. The van der Waals surface area contributed by atoms with Gasteiger partial charge in [-0.2, -0.15) is 0 Å². The van der Waals surface area contributed by atoms with Crippen LogP contribution in [0.4, 0.5) is 0 Å². The van der Waals surface area contributed by atoms with Crippen LogP contribution in [0.3, 0.4) is 0 Å². The van der Waals surface area contributed by atoms with Crippen LogP contribution in [0.5, 0.6) is 0 Å². The van der Waals surface area contributed by atoms with Gasteiger partial charge in [0.15, 0.2) is 5.78 Å². The Bertz CT molecular complexity index is 405. The molecule has 2 atom stereocenters. The highest BCUT2D eigenvalue weighted by Gasteiger charge is 2.22. The Morgan fingerprint density at radius 2 is 2.18 bits per heavy atom. The summed E-state index contributed by atoms with van der Waals surface area (Å²) in [5.41, 5.74) is 1.24. The summed E-state index contributed by atoms with van der Waals surface area (Å²) in [4.78, 5) is 20.3. The van der Waals surface area contributed by atoms with Crippen LogP contribution in [0.1, 0.15) is 48.8 Å². The van der Waals surface area contributed by atoms with Crippen LogP contribution in [-0.4, -0.2) is 27.8 Å². The van der Waals surface area contributed by atoms with Gasteiger partial charge in [-0.15, -0.1) is 0 Å². The summed E-state index contributed by atoms with van der Waals surface area (Å²) in [6, 6.07) is 0.817. The monoisotopic (exact) mass is 233 g/mol. The van der Waals surface area contributed by atoms with Crippen molar-refractivity contribution in [1.29, 1.82) is 0 Å². The van der Waals surface area contributed by atoms with Gasteiger partial charge in [-0.1, -0.05) is 6.42 Å². The molecule has 17 heavy (non-hydrogen) atoms. The minimum atomic E-state index is 0.0993. The number of ketones is 1. The van der Waals surface area contributed by atoms with E-state index >= 15 is 0 Å². The number of nitrogens with zero attached hydrogens (tertiary/aromatic N) is 2. The summed E-state index contributed by atoms with van der Waals surface area (Å²) in [5.74, 6) is 0.0993. The third-order valence-electron chi connectivity index (χ3n) is 3.29. The SMILES string of the molecule is Cc1nccnc1C(=O)CC1CCCC(C)N1. The highest BCUT2D eigenvalue weighted by atomic mass is 16.1. The van der Waals surface area contributed by atoms with Crippen LogP contribution in [0.15, 0.2) is 12.4 Å². The topological polar surface area (TPSA) is 54.9 Å². The number of hydrogen-bond acceptors (Lipinski definition) is 4. The molecule has 1 aliphatic rings. The number of nitrogens with one attached hydrogen (secondary N) is 1. The van der Waals surface area contributed by atoms with Crippen molar-refractivity contribution in [2.45, 2.75) is 51.6 Å². The molecule has 1 saturated heterocycles. The van der Waals surface area contributed by atoms with Crippen LogP contribution in [0.25, 0.3) is 0 Å².